The Morgan fingerprint density at radius 2 is 2.00 bits per heavy atom. The molecule has 2 rings (SSSR count). The van der Waals surface area contributed by atoms with Gasteiger partial charge in [-0.15, -0.1) is 6.58 Å². The summed E-state index contributed by atoms with van der Waals surface area (Å²) in [5.74, 6) is 0. The molecule has 0 amide bonds. The maximum Gasteiger partial charge on any atom is 0.156 e. The minimum absolute atomic E-state index is 0.0963. The second-order valence-corrected chi connectivity index (χ2v) is 3.75. The number of hydrogen-bond donors (Lipinski definition) is 0. The van der Waals surface area contributed by atoms with Crippen LogP contribution >= 0.6 is 0 Å². The first-order valence-corrected chi connectivity index (χ1v) is 5.28. The number of rotatable bonds is 2. The van der Waals surface area contributed by atoms with E-state index in [1.165, 1.54) is 5.56 Å². The Balaban J connectivity index is 2.12. The van der Waals surface area contributed by atoms with Crippen LogP contribution in [0.5, 0.6) is 0 Å². The van der Waals surface area contributed by atoms with Gasteiger partial charge >= 0.3 is 0 Å². The molecule has 15 heavy (non-hydrogen) atoms. The Morgan fingerprint density at radius 1 is 1.27 bits per heavy atom. The monoisotopic (exact) mass is 204 g/mol. The Bertz CT molecular complexity index is 321. The van der Waals surface area contributed by atoms with Crippen LogP contribution in [0.2, 0.25) is 0 Å². The molecule has 1 aromatic rings. The van der Waals surface area contributed by atoms with Crippen molar-refractivity contribution in [3.8, 4) is 0 Å². The van der Waals surface area contributed by atoms with Crippen molar-refractivity contribution >= 4 is 0 Å². The summed E-state index contributed by atoms with van der Waals surface area (Å²) in [5, 5.41) is 0. The highest BCUT2D eigenvalue weighted by Crippen LogP contribution is 2.30. The van der Waals surface area contributed by atoms with E-state index < -0.39 is 0 Å². The van der Waals surface area contributed by atoms with E-state index in [1.807, 2.05) is 31.2 Å². The summed E-state index contributed by atoms with van der Waals surface area (Å²) in [6, 6.07) is 10.2. The van der Waals surface area contributed by atoms with Crippen molar-refractivity contribution < 1.29 is 9.47 Å². The van der Waals surface area contributed by atoms with Crippen LogP contribution < -0.4 is 0 Å². The van der Waals surface area contributed by atoms with E-state index in [0.717, 1.165) is 6.42 Å². The third-order valence-corrected chi connectivity index (χ3v) is 2.60. The molecule has 0 aliphatic carbocycles. The molecule has 0 radical (unpaired) electrons. The zero-order chi connectivity index (χ0) is 10.7. The van der Waals surface area contributed by atoms with E-state index in [4.69, 9.17) is 9.47 Å². The quantitative estimate of drug-likeness (QED) is 0.689. The fourth-order valence-corrected chi connectivity index (χ4v) is 1.87. The smallest absolute Gasteiger partial charge is 0.156 e. The molecule has 0 N–H and O–H groups in total. The van der Waals surface area contributed by atoms with Crippen molar-refractivity contribution in [2.75, 3.05) is 0 Å². The van der Waals surface area contributed by atoms with E-state index in [1.54, 1.807) is 0 Å². The maximum atomic E-state index is 5.73. The Morgan fingerprint density at radius 3 is 2.67 bits per heavy atom. The summed E-state index contributed by atoms with van der Waals surface area (Å²) in [7, 11) is 0. The van der Waals surface area contributed by atoms with Gasteiger partial charge in [0.05, 0.1) is 12.2 Å². The van der Waals surface area contributed by atoms with Gasteiger partial charge in [0.15, 0.2) is 6.29 Å². The highest BCUT2D eigenvalue weighted by atomic mass is 16.7. The summed E-state index contributed by atoms with van der Waals surface area (Å²) in [5.41, 5.74) is 1.21. The standard InChI is InChI=1S/C13H16O2/c1-3-12-9-13(15-10(2)14-12)11-7-5-4-6-8-11/h3-8,10,12-13H,1,9H2,2H3/t10-,12+,13-/m0/s1. The molecular weight excluding hydrogens is 188 g/mol. The van der Waals surface area contributed by atoms with Crippen LogP contribution in [-0.2, 0) is 9.47 Å². The van der Waals surface area contributed by atoms with Crippen LogP contribution in [0.15, 0.2) is 43.0 Å². The second kappa shape index (κ2) is 4.60. The topological polar surface area (TPSA) is 18.5 Å². The third-order valence-electron chi connectivity index (χ3n) is 2.60. The summed E-state index contributed by atoms with van der Waals surface area (Å²) in [6.45, 7) is 5.69. The van der Waals surface area contributed by atoms with Crippen LogP contribution in [0, 0.1) is 0 Å². The molecule has 1 aliphatic heterocycles. The molecule has 2 nitrogen and oxygen atoms in total. The molecule has 0 bridgehead atoms. The highest BCUT2D eigenvalue weighted by molar-refractivity contribution is 5.18. The van der Waals surface area contributed by atoms with E-state index in [2.05, 4.69) is 18.7 Å². The van der Waals surface area contributed by atoms with Crippen LogP contribution in [0.1, 0.15) is 25.0 Å². The lowest BCUT2D eigenvalue weighted by Crippen LogP contribution is -2.31. The Kier molecular flexibility index (Phi) is 3.19. The lowest BCUT2D eigenvalue weighted by molar-refractivity contribution is -0.224. The molecule has 3 atom stereocenters. The van der Waals surface area contributed by atoms with Crippen LogP contribution in [0.3, 0.4) is 0 Å². The summed E-state index contributed by atoms with van der Waals surface area (Å²) < 4.78 is 11.3. The average Bonchev–Trinajstić information content (AvgIpc) is 2.29. The first-order chi connectivity index (χ1) is 7.29. The summed E-state index contributed by atoms with van der Waals surface area (Å²) in [6.07, 6.45) is 2.75. The molecule has 1 saturated heterocycles. The SMILES string of the molecule is C=C[C@@H]1C[C@@H](c2ccccc2)O[C@@H](C)O1. The van der Waals surface area contributed by atoms with E-state index in [-0.39, 0.29) is 18.5 Å². The van der Waals surface area contributed by atoms with Crippen molar-refractivity contribution in [2.45, 2.75) is 31.8 Å². The minimum Gasteiger partial charge on any atom is -0.346 e. The van der Waals surface area contributed by atoms with Crippen molar-refractivity contribution in [1.29, 1.82) is 0 Å². The van der Waals surface area contributed by atoms with E-state index in [0.29, 0.717) is 0 Å². The lowest BCUT2D eigenvalue weighted by Gasteiger charge is -2.33. The molecule has 0 unspecified atom stereocenters. The summed E-state index contributed by atoms with van der Waals surface area (Å²) in [4.78, 5) is 0. The molecule has 0 spiro atoms. The zero-order valence-corrected chi connectivity index (χ0v) is 8.93. The van der Waals surface area contributed by atoms with Gasteiger partial charge in [0.1, 0.15) is 0 Å². The number of ether oxygens (including phenoxy) is 2. The maximum absolute atomic E-state index is 5.73. The second-order valence-electron chi connectivity index (χ2n) is 3.75. The molecule has 1 aliphatic rings. The van der Waals surface area contributed by atoms with Crippen molar-refractivity contribution in [3.63, 3.8) is 0 Å². The van der Waals surface area contributed by atoms with Crippen molar-refractivity contribution in [1.82, 2.24) is 0 Å². The predicted molar refractivity (Wildman–Crippen MR) is 59.4 cm³/mol. The van der Waals surface area contributed by atoms with Crippen molar-refractivity contribution in [2.24, 2.45) is 0 Å². The normalized spacial score (nSPS) is 31.1. The van der Waals surface area contributed by atoms with E-state index >= 15 is 0 Å². The predicted octanol–water partition coefficient (Wildman–Crippen LogP) is 3.07. The Hall–Kier alpha value is -1.12. The summed E-state index contributed by atoms with van der Waals surface area (Å²) >= 11 is 0. The fraction of sp³-hybridized carbons (Fsp3) is 0.385. The fourth-order valence-electron chi connectivity index (χ4n) is 1.87. The average molecular weight is 204 g/mol. The van der Waals surface area contributed by atoms with Crippen LogP contribution in [0.25, 0.3) is 0 Å². The molecule has 1 fully saturated rings. The molecule has 1 aromatic carbocycles. The van der Waals surface area contributed by atoms with Gasteiger partial charge in [-0.1, -0.05) is 36.4 Å². The molecule has 0 aromatic heterocycles. The molecule has 0 saturated carbocycles. The van der Waals surface area contributed by atoms with Gasteiger partial charge < -0.3 is 9.47 Å². The van der Waals surface area contributed by atoms with Crippen LogP contribution in [0.4, 0.5) is 0 Å². The first-order valence-electron chi connectivity index (χ1n) is 5.28. The lowest BCUT2D eigenvalue weighted by atomic mass is 10.0. The number of benzene rings is 1. The van der Waals surface area contributed by atoms with Gasteiger partial charge in [0.25, 0.3) is 0 Å². The van der Waals surface area contributed by atoms with Crippen LogP contribution in [-0.4, -0.2) is 12.4 Å². The largest absolute Gasteiger partial charge is 0.346 e. The first kappa shape index (κ1) is 10.4. The van der Waals surface area contributed by atoms with Gasteiger partial charge in [-0.2, -0.15) is 0 Å². The van der Waals surface area contributed by atoms with E-state index in [9.17, 15) is 0 Å². The Labute approximate surface area is 90.5 Å². The molecule has 80 valence electrons. The highest BCUT2D eigenvalue weighted by Gasteiger charge is 2.26. The number of hydrogen-bond acceptors (Lipinski definition) is 2. The molecular formula is C13H16O2. The molecule has 2 heteroatoms. The third kappa shape index (κ3) is 2.46. The minimum atomic E-state index is -0.160. The van der Waals surface area contributed by atoms with Crippen molar-refractivity contribution in [3.05, 3.63) is 48.6 Å². The zero-order valence-electron chi connectivity index (χ0n) is 8.93. The van der Waals surface area contributed by atoms with Gasteiger partial charge in [-0.05, 0) is 12.5 Å². The van der Waals surface area contributed by atoms with Gasteiger partial charge in [0.2, 0.25) is 0 Å². The van der Waals surface area contributed by atoms with Gasteiger partial charge in [-0.25, -0.2) is 0 Å². The molecule has 1 heterocycles. The van der Waals surface area contributed by atoms with Gasteiger partial charge in [-0.3, -0.25) is 0 Å². The van der Waals surface area contributed by atoms with Gasteiger partial charge in [0, 0.05) is 6.42 Å².